The molecular formula is C22H17N3O. The molecule has 0 saturated carbocycles. The number of para-hydroxylation sites is 3. The number of benzene rings is 3. The van der Waals surface area contributed by atoms with Crippen LogP contribution < -0.4 is 5.32 Å². The van der Waals surface area contributed by atoms with Gasteiger partial charge in [0.2, 0.25) is 0 Å². The van der Waals surface area contributed by atoms with Gasteiger partial charge in [-0.05, 0) is 30.7 Å². The van der Waals surface area contributed by atoms with Crippen molar-refractivity contribution in [2.45, 2.75) is 6.92 Å². The summed E-state index contributed by atoms with van der Waals surface area (Å²) in [6, 6.07) is 23.3. The van der Waals surface area contributed by atoms with Gasteiger partial charge in [0.05, 0.1) is 17.1 Å². The summed E-state index contributed by atoms with van der Waals surface area (Å²) in [6.45, 7) is 2.05. The van der Waals surface area contributed by atoms with E-state index in [4.69, 9.17) is 0 Å². The molecule has 26 heavy (non-hydrogen) atoms. The monoisotopic (exact) mass is 339 g/mol. The predicted octanol–water partition coefficient (Wildman–Crippen LogP) is 4.82. The van der Waals surface area contributed by atoms with Gasteiger partial charge in [-0.15, -0.1) is 0 Å². The van der Waals surface area contributed by atoms with E-state index in [0.29, 0.717) is 11.4 Å². The molecule has 1 amide bonds. The fourth-order valence-corrected chi connectivity index (χ4v) is 2.80. The van der Waals surface area contributed by atoms with E-state index >= 15 is 0 Å². The number of nitrogens with one attached hydrogen (secondary N) is 1. The van der Waals surface area contributed by atoms with Gasteiger partial charge >= 0.3 is 0 Å². The highest BCUT2D eigenvalue weighted by Gasteiger charge is 2.25. The van der Waals surface area contributed by atoms with Crippen LogP contribution >= 0.6 is 0 Å². The predicted molar refractivity (Wildman–Crippen MR) is 106 cm³/mol. The first-order valence-corrected chi connectivity index (χ1v) is 8.40. The van der Waals surface area contributed by atoms with Gasteiger partial charge in [-0.3, -0.25) is 9.79 Å². The minimum atomic E-state index is -0.191. The lowest BCUT2D eigenvalue weighted by molar-refractivity contribution is -0.110. The average Bonchev–Trinajstić information content (AvgIpc) is 2.98. The molecule has 3 aromatic carbocycles. The molecule has 1 aliphatic rings. The van der Waals surface area contributed by atoms with Crippen LogP contribution in [-0.2, 0) is 4.79 Å². The molecule has 0 bridgehead atoms. The molecule has 4 nitrogen and oxygen atoms in total. The number of nitrogens with zero attached hydrogens (tertiary/aromatic N) is 2. The van der Waals surface area contributed by atoms with Crippen LogP contribution in [0.5, 0.6) is 0 Å². The SMILES string of the molecule is Cc1ccc(C=Nc2ccccc2N=C2C(=O)Nc3ccccc32)cc1. The largest absolute Gasteiger partial charge is 0.320 e. The Labute approximate surface area is 152 Å². The summed E-state index contributed by atoms with van der Waals surface area (Å²) in [5, 5.41) is 2.84. The van der Waals surface area contributed by atoms with Gasteiger partial charge < -0.3 is 5.32 Å². The first kappa shape index (κ1) is 16.0. The number of amides is 1. The average molecular weight is 339 g/mol. The van der Waals surface area contributed by atoms with Crippen molar-refractivity contribution in [2.24, 2.45) is 9.98 Å². The second-order valence-corrected chi connectivity index (χ2v) is 6.12. The molecule has 1 N–H and O–H groups in total. The molecule has 0 aromatic heterocycles. The standard InChI is InChI=1S/C22H17N3O/c1-15-10-12-16(13-11-15)14-23-19-8-4-5-9-20(19)24-21-17-6-2-3-7-18(17)25-22(21)26/h2-14H,1H3,(H,24,25,26). The quantitative estimate of drug-likeness (QED) is 0.684. The molecule has 0 radical (unpaired) electrons. The first-order chi connectivity index (χ1) is 12.7. The number of rotatable bonds is 3. The zero-order valence-corrected chi connectivity index (χ0v) is 14.3. The zero-order valence-electron chi connectivity index (χ0n) is 14.3. The Morgan fingerprint density at radius 1 is 0.846 bits per heavy atom. The van der Waals surface area contributed by atoms with Crippen molar-refractivity contribution in [3.8, 4) is 0 Å². The van der Waals surface area contributed by atoms with Crippen molar-refractivity contribution in [1.29, 1.82) is 0 Å². The van der Waals surface area contributed by atoms with Crippen LogP contribution in [0.4, 0.5) is 17.1 Å². The van der Waals surface area contributed by atoms with Crippen LogP contribution in [0.1, 0.15) is 16.7 Å². The maximum atomic E-state index is 12.3. The molecule has 126 valence electrons. The molecule has 0 aliphatic carbocycles. The fraction of sp³-hybridized carbons (Fsp3) is 0.0455. The maximum absolute atomic E-state index is 12.3. The summed E-state index contributed by atoms with van der Waals surface area (Å²) < 4.78 is 0. The minimum Gasteiger partial charge on any atom is -0.320 e. The first-order valence-electron chi connectivity index (χ1n) is 8.40. The number of hydrogen-bond acceptors (Lipinski definition) is 3. The van der Waals surface area contributed by atoms with E-state index < -0.39 is 0 Å². The second-order valence-electron chi connectivity index (χ2n) is 6.12. The van der Waals surface area contributed by atoms with Crippen LogP contribution in [0.15, 0.2) is 82.8 Å². The molecule has 4 rings (SSSR count). The van der Waals surface area contributed by atoms with Gasteiger partial charge in [-0.1, -0.05) is 60.2 Å². The number of aliphatic imine (C=N–C) groups is 2. The molecule has 0 saturated heterocycles. The maximum Gasteiger partial charge on any atom is 0.275 e. The van der Waals surface area contributed by atoms with Gasteiger partial charge in [0.15, 0.2) is 0 Å². The van der Waals surface area contributed by atoms with Gasteiger partial charge in [-0.25, -0.2) is 4.99 Å². The highest BCUT2D eigenvalue weighted by atomic mass is 16.2. The number of carbonyl (C=O) groups is 1. The van der Waals surface area contributed by atoms with Gasteiger partial charge in [0.25, 0.3) is 5.91 Å². The molecule has 0 spiro atoms. The Morgan fingerprint density at radius 2 is 1.54 bits per heavy atom. The summed E-state index contributed by atoms with van der Waals surface area (Å²) in [4.78, 5) is 21.4. The molecule has 0 fully saturated rings. The Hall–Kier alpha value is -3.53. The van der Waals surface area contributed by atoms with E-state index in [9.17, 15) is 4.79 Å². The van der Waals surface area contributed by atoms with E-state index in [2.05, 4.69) is 22.2 Å². The zero-order chi connectivity index (χ0) is 17.9. The highest BCUT2D eigenvalue weighted by Crippen LogP contribution is 2.31. The van der Waals surface area contributed by atoms with Gasteiger partial charge in [0.1, 0.15) is 5.71 Å². The molecular weight excluding hydrogens is 322 g/mol. The van der Waals surface area contributed by atoms with E-state index in [1.165, 1.54) is 5.56 Å². The second kappa shape index (κ2) is 6.76. The number of anilines is 1. The van der Waals surface area contributed by atoms with Crippen molar-refractivity contribution >= 4 is 34.9 Å². The van der Waals surface area contributed by atoms with E-state index in [1.54, 1.807) is 6.21 Å². The number of aryl methyl sites for hydroxylation is 1. The Bertz CT molecular complexity index is 1030. The molecule has 3 aromatic rings. The lowest BCUT2D eigenvalue weighted by Crippen LogP contribution is -2.13. The third-order valence-corrected chi connectivity index (χ3v) is 4.19. The van der Waals surface area contributed by atoms with Gasteiger partial charge in [-0.2, -0.15) is 0 Å². The van der Waals surface area contributed by atoms with Crippen molar-refractivity contribution in [3.05, 3.63) is 89.5 Å². The van der Waals surface area contributed by atoms with Gasteiger partial charge in [0, 0.05) is 11.8 Å². The normalized spacial score (nSPS) is 14.7. The van der Waals surface area contributed by atoms with Crippen LogP contribution in [0, 0.1) is 6.92 Å². The lowest BCUT2D eigenvalue weighted by Gasteiger charge is -2.02. The lowest BCUT2D eigenvalue weighted by atomic mass is 10.1. The van der Waals surface area contributed by atoms with Crippen molar-refractivity contribution in [1.82, 2.24) is 0 Å². The van der Waals surface area contributed by atoms with Crippen LogP contribution in [0.25, 0.3) is 0 Å². The minimum absolute atomic E-state index is 0.191. The smallest absolute Gasteiger partial charge is 0.275 e. The summed E-state index contributed by atoms with van der Waals surface area (Å²) in [5.41, 5.74) is 5.63. The Balaban J connectivity index is 1.71. The molecule has 1 heterocycles. The van der Waals surface area contributed by atoms with Crippen LogP contribution in [0.2, 0.25) is 0 Å². The molecule has 4 heteroatoms. The summed E-state index contributed by atoms with van der Waals surface area (Å²) in [7, 11) is 0. The summed E-state index contributed by atoms with van der Waals surface area (Å²) in [5.74, 6) is -0.191. The topological polar surface area (TPSA) is 53.8 Å². The van der Waals surface area contributed by atoms with Crippen LogP contribution in [0.3, 0.4) is 0 Å². The number of hydrogen-bond donors (Lipinski definition) is 1. The highest BCUT2D eigenvalue weighted by molar-refractivity contribution is 6.54. The summed E-state index contributed by atoms with van der Waals surface area (Å²) in [6.07, 6.45) is 1.81. The van der Waals surface area contributed by atoms with Crippen molar-refractivity contribution in [3.63, 3.8) is 0 Å². The van der Waals surface area contributed by atoms with E-state index in [1.807, 2.05) is 72.8 Å². The van der Waals surface area contributed by atoms with E-state index in [-0.39, 0.29) is 5.91 Å². The van der Waals surface area contributed by atoms with Crippen molar-refractivity contribution < 1.29 is 4.79 Å². The van der Waals surface area contributed by atoms with Crippen LogP contribution in [-0.4, -0.2) is 17.8 Å². The van der Waals surface area contributed by atoms with E-state index in [0.717, 1.165) is 22.5 Å². The molecule has 1 aliphatic heterocycles. The number of carbonyl (C=O) groups excluding carboxylic acids is 1. The molecule has 0 unspecified atom stereocenters. The Morgan fingerprint density at radius 3 is 2.35 bits per heavy atom. The fourth-order valence-electron chi connectivity index (χ4n) is 2.80. The van der Waals surface area contributed by atoms with Crippen molar-refractivity contribution in [2.75, 3.05) is 5.32 Å². The third kappa shape index (κ3) is 3.17. The summed E-state index contributed by atoms with van der Waals surface area (Å²) >= 11 is 0. The molecule has 0 atom stereocenters. The number of fused-ring (bicyclic) bond motifs is 1. The Kier molecular flexibility index (Phi) is 4.15. The third-order valence-electron chi connectivity index (χ3n) is 4.19.